The number of methoxy groups -OCH3 is 1. The molecular formula is C12H23N3O4. The molecule has 1 fully saturated rings. The lowest BCUT2D eigenvalue weighted by Crippen LogP contribution is -2.48. The molecular weight excluding hydrogens is 250 g/mol. The Morgan fingerprint density at radius 2 is 2.11 bits per heavy atom. The highest BCUT2D eigenvalue weighted by Gasteiger charge is 2.32. The zero-order chi connectivity index (χ0) is 14.4. The highest BCUT2D eigenvalue weighted by Crippen LogP contribution is 2.09. The Hall–Kier alpha value is -1.18. The molecule has 0 aromatic rings. The molecule has 2 N–H and O–H groups in total. The van der Waals surface area contributed by atoms with E-state index in [0.717, 1.165) is 0 Å². The third-order valence-corrected chi connectivity index (χ3v) is 3.11. The van der Waals surface area contributed by atoms with E-state index in [4.69, 9.17) is 4.74 Å². The fraction of sp³-hybridized carbons (Fsp3) is 0.833. The van der Waals surface area contributed by atoms with Gasteiger partial charge in [0.1, 0.15) is 0 Å². The number of β-amino-alcohol motifs (C(OH)–C–C–N with tert-alkyl or cyclic N) is 1. The maximum atomic E-state index is 12.3. The minimum Gasteiger partial charge on any atom is -0.392 e. The summed E-state index contributed by atoms with van der Waals surface area (Å²) in [7, 11) is 4.85. The van der Waals surface area contributed by atoms with Crippen LogP contribution in [0.5, 0.6) is 0 Å². The first-order valence-corrected chi connectivity index (χ1v) is 6.35. The summed E-state index contributed by atoms with van der Waals surface area (Å²) in [6.07, 6.45) is -0.110. The van der Waals surface area contributed by atoms with Crippen LogP contribution in [0.25, 0.3) is 0 Å². The van der Waals surface area contributed by atoms with Gasteiger partial charge in [-0.3, -0.25) is 9.59 Å². The van der Waals surface area contributed by atoms with E-state index < -0.39 is 12.1 Å². The van der Waals surface area contributed by atoms with Crippen LogP contribution in [0, 0.1) is 0 Å². The molecule has 0 aliphatic carbocycles. The molecule has 110 valence electrons. The van der Waals surface area contributed by atoms with E-state index in [9.17, 15) is 14.7 Å². The van der Waals surface area contributed by atoms with E-state index in [1.807, 2.05) is 0 Å². The Morgan fingerprint density at radius 1 is 1.42 bits per heavy atom. The molecule has 1 aliphatic heterocycles. The Kier molecular flexibility index (Phi) is 6.20. The van der Waals surface area contributed by atoms with Crippen molar-refractivity contribution in [2.75, 3.05) is 47.4 Å². The minimum atomic E-state index is -0.497. The van der Waals surface area contributed by atoms with Crippen molar-refractivity contribution >= 4 is 11.8 Å². The van der Waals surface area contributed by atoms with Gasteiger partial charge in [0.05, 0.1) is 25.3 Å². The quantitative estimate of drug-likeness (QED) is 0.601. The number of hydrogen-bond acceptors (Lipinski definition) is 5. The van der Waals surface area contributed by atoms with Gasteiger partial charge in [-0.15, -0.1) is 0 Å². The number of aliphatic hydroxyl groups is 1. The van der Waals surface area contributed by atoms with Gasteiger partial charge in [-0.2, -0.15) is 0 Å². The summed E-state index contributed by atoms with van der Waals surface area (Å²) >= 11 is 0. The maximum absolute atomic E-state index is 12.3. The average molecular weight is 273 g/mol. The first-order chi connectivity index (χ1) is 8.95. The number of rotatable bonds is 6. The summed E-state index contributed by atoms with van der Waals surface area (Å²) < 4.78 is 4.96. The number of nitrogens with zero attached hydrogens (tertiary/aromatic N) is 2. The van der Waals surface area contributed by atoms with E-state index >= 15 is 0 Å². The highest BCUT2D eigenvalue weighted by molar-refractivity contribution is 5.87. The van der Waals surface area contributed by atoms with Crippen LogP contribution in [0.4, 0.5) is 0 Å². The van der Waals surface area contributed by atoms with Crippen LogP contribution < -0.4 is 5.32 Å². The SMILES string of the molecule is COCCN(CC(=O)N(C)C)C(=O)C1CC(O)CN1. The lowest BCUT2D eigenvalue weighted by atomic mass is 10.2. The maximum Gasteiger partial charge on any atom is 0.241 e. The van der Waals surface area contributed by atoms with Crippen LogP contribution in [-0.2, 0) is 14.3 Å². The molecule has 2 atom stereocenters. The molecule has 0 aromatic carbocycles. The predicted molar refractivity (Wildman–Crippen MR) is 69.6 cm³/mol. The summed E-state index contributed by atoms with van der Waals surface area (Å²) in [6.45, 7) is 1.19. The molecule has 19 heavy (non-hydrogen) atoms. The molecule has 0 spiro atoms. The van der Waals surface area contributed by atoms with E-state index in [2.05, 4.69) is 5.32 Å². The lowest BCUT2D eigenvalue weighted by Gasteiger charge is -2.26. The molecule has 1 aliphatic rings. The molecule has 7 nitrogen and oxygen atoms in total. The van der Waals surface area contributed by atoms with E-state index in [0.29, 0.717) is 26.1 Å². The zero-order valence-electron chi connectivity index (χ0n) is 11.8. The molecule has 0 bridgehead atoms. The van der Waals surface area contributed by atoms with Crippen molar-refractivity contribution in [3.05, 3.63) is 0 Å². The Morgan fingerprint density at radius 3 is 2.58 bits per heavy atom. The first kappa shape index (κ1) is 15.9. The van der Waals surface area contributed by atoms with E-state index in [-0.39, 0.29) is 18.4 Å². The van der Waals surface area contributed by atoms with Crippen LogP contribution in [0.2, 0.25) is 0 Å². The number of nitrogens with one attached hydrogen (secondary N) is 1. The molecule has 0 radical (unpaired) electrons. The van der Waals surface area contributed by atoms with Crippen molar-refractivity contribution in [2.24, 2.45) is 0 Å². The predicted octanol–water partition coefficient (Wildman–Crippen LogP) is -1.73. The average Bonchev–Trinajstić information content (AvgIpc) is 2.79. The number of amides is 2. The van der Waals surface area contributed by atoms with Crippen molar-refractivity contribution in [3.8, 4) is 0 Å². The number of likely N-dealkylation sites (N-methyl/N-ethyl adjacent to an activating group) is 1. The number of ether oxygens (including phenoxy) is 1. The topological polar surface area (TPSA) is 82.1 Å². The van der Waals surface area contributed by atoms with Crippen molar-refractivity contribution < 1.29 is 19.4 Å². The molecule has 1 heterocycles. The molecule has 0 aromatic heterocycles. The van der Waals surface area contributed by atoms with E-state index in [1.54, 1.807) is 21.2 Å². The zero-order valence-corrected chi connectivity index (χ0v) is 11.8. The summed E-state index contributed by atoms with van der Waals surface area (Å²) in [5, 5.41) is 12.4. The van der Waals surface area contributed by atoms with Crippen LogP contribution in [0.1, 0.15) is 6.42 Å². The van der Waals surface area contributed by atoms with Crippen LogP contribution >= 0.6 is 0 Å². The Bertz CT molecular complexity index is 322. The third-order valence-electron chi connectivity index (χ3n) is 3.11. The molecule has 2 unspecified atom stereocenters. The lowest BCUT2D eigenvalue weighted by molar-refractivity contribution is -0.141. The monoisotopic (exact) mass is 273 g/mol. The first-order valence-electron chi connectivity index (χ1n) is 6.35. The third kappa shape index (κ3) is 4.77. The second-order valence-corrected chi connectivity index (χ2v) is 4.89. The van der Waals surface area contributed by atoms with Gasteiger partial charge in [-0.25, -0.2) is 0 Å². The van der Waals surface area contributed by atoms with Crippen molar-refractivity contribution in [3.63, 3.8) is 0 Å². The van der Waals surface area contributed by atoms with Gasteiger partial charge in [0, 0.05) is 34.3 Å². The largest absolute Gasteiger partial charge is 0.392 e. The molecule has 7 heteroatoms. The van der Waals surface area contributed by atoms with Crippen molar-refractivity contribution in [1.29, 1.82) is 0 Å². The van der Waals surface area contributed by atoms with Crippen LogP contribution in [0.15, 0.2) is 0 Å². The summed E-state index contributed by atoms with van der Waals surface area (Å²) in [5.41, 5.74) is 0. The number of carbonyl (C=O) groups excluding carboxylic acids is 2. The highest BCUT2D eigenvalue weighted by atomic mass is 16.5. The van der Waals surface area contributed by atoms with Gasteiger partial charge in [-0.1, -0.05) is 0 Å². The summed E-state index contributed by atoms with van der Waals surface area (Å²) in [6, 6.07) is -0.415. The van der Waals surface area contributed by atoms with Gasteiger partial charge >= 0.3 is 0 Å². The molecule has 1 saturated heterocycles. The molecule has 1 rings (SSSR count). The second kappa shape index (κ2) is 7.42. The minimum absolute atomic E-state index is 0.0312. The van der Waals surface area contributed by atoms with Gasteiger partial charge in [-0.05, 0) is 6.42 Å². The smallest absolute Gasteiger partial charge is 0.241 e. The standard InChI is InChI=1S/C12H23N3O4/c1-14(2)11(17)8-15(4-5-19-3)12(18)10-6-9(16)7-13-10/h9-10,13,16H,4-8H2,1-3H3. The van der Waals surface area contributed by atoms with Crippen LogP contribution in [0.3, 0.4) is 0 Å². The Balaban J connectivity index is 2.61. The molecule has 0 saturated carbocycles. The van der Waals surface area contributed by atoms with Gasteiger partial charge < -0.3 is 25.0 Å². The number of aliphatic hydroxyl groups excluding tert-OH is 1. The van der Waals surface area contributed by atoms with Crippen molar-refractivity contribution in [2.45, 2.75) is 18.6 Å². The van der Waals surface area contributed by atoms with Gasteiger partial charge in [0.2, 0.25) is 11.8 Å². The fourth-order valence-electron chi connectivity index (χ4n) is 1.90. The number of hydrogen-bond donors (Lipinski definition) is 2. The normalized spacial score (nSPS) is 22.3. The van der Waals surface area contributed by atoms with Gasteiger partial charge in [0.25, 0.3) is 0 Å². The van der Waals surface area contributed by atoms with E-state index in [1.165, 1.54) is 9.80 Å². The summed E-state index contributed by atoms with van der Waals surface area (Å²) in [5.74, 6) is -0.299. The van der Waals surface area contributed by atoms with Crippen LogP contribution in [-0.4, -0.2) is 86.3 Å². The fourth-order valence-corrected chi connectivity index (χ4v) is 1.90. The number of carbonyl (C=O) groups is 2. The van der Waals surface area contributed by atoms with Gasteiger partial charge in [0.15, 0.2) is 0 Å². The Labute approximate surface area is 113 Å². The van der Waals surface area contributed by atoms with Crippen molar-refractivity contribution in [1.82, 2.24) is 15.1 Å². The summed E-state index contributed by atoms with van der Waals surface area (Å²) in [4.78, 5) is 26.9. The second-order valence-electron chi connectivity index (χ2n) is 4.89. The molecule has 2 amide bonds.